The predicted octanol–water partition coefficient (Wildman–Crippen LogP) is 2.44. The summed E-state index contributed by atoms with van der Waals surface area (Å²) in [6, 6.07) is 14.8. The van der Waals surface area contributed by atoms with Crippen molar-refractivity contribution in [3.63, 3.8) is 0 Å². The molecule has 0 aliphatic carbocycles. The lowest BCUT2D eigenvalue weighted by atomic mass is 10.2. The molecule has 0 aliphatic heterocycles. The Balaban J connectivity index is 1.73. The Kier molecular flexibility index (Phi) is 7.76. The van der Waals surface area contributed by atoms with Gasteiger partial charge in [0.1, 0.15) is 5.75 Å². The zero-order chi connectivity index (χ0) is 18.8. The number of carbonyl (C=O) groups excluding carboxylic acids is 1. The molecule has 0 fully saturated rings. The summed E-state index contributed by atoms with van der Waals surface area (Å²) in [6.07, 6.45) is 0. The van der Waals surface area contributed by atoms with Gasteiger partial charge in [-0.25, -0.2) is 0 Å². The Morgan fingerprint density at radius 2 is 1.85 bits per heavy atom. The number of rotatable bonds is 7. The average molecular weight is 375 g/mol. The van der Waals surface area contributed by atoms with Crippen molar-refractivity contribution in [1.29, 1.82) is 0 Å². The van der Waals surface area contributed by atoms with Crippen molar-refractivity contribution in [2.75, 3.05) is 27.2 Å². The fraction of sp³-hybridized carbons (Fsp3) is 0.263. The van der Waals surface area contributed by atoms with Gasteiger partial charge in [-0.1, -0.05) is 35.9 Å². The molecule has 6 nitrogen and oxygen atoms in total. The summed E-state index contributed by atoms with van der Waals surface area (Å²) < 4.78 is 5.21. The molecule has 0 radical (unpaired) electrons. The lowest BCUT2D eigenvalue weighted by Gasteiger charge is -2.13. The van der Waals surface area contributed by atoms with Crippen LogP contribution in [0.1, 0.15) is 15.9 Å². The van der Waals surface area contributed by atoms with Crippen LogP contribution >= 0.6 is 11.6 Å². The van der Waals surface area contributed by atoms with Gasteiger partial charge in [-0.3, -0.25) is 9.79 Å². The van der Waals surface area contributed by atoms with E-state index in [1.54, 1.807) is 38.4 Å². The predicted molar refractivity (Wildman–Crippen MR) is 105 cm³/mol. The quantitative estimate of drug-likeness (QED) is 0.395. The van der Waals surface area contributed by atoms with Gasteiger partial charge in [-0.05, 0) is 29.8 Å². The Hall–Kier alpha value is -2.73. The molecule has 0 saturated carbocycles. The number of amides is 1. The van der Waals surface area contributed by atoms with E-state index in [1.807, 2.05) is 24.3 Å². The topological polar surface area (TPSA) is 74.8 Å². The molecule has 2 aromatic carbocycles. The lowest BCUT2D eigenvalue weighted by molar-refractivity contribution is 0.0954. The second kappa shape index (κ2) is 10.3. The van der Waals surface area contributed by atoms with Crippen molar-refractivity contribution in [2.24, 2.45) is 4.99 Å². The number of carbonyl (C=O) groups is 1. The van der Waals surface area contributed by atoms with E-state index in [2.05, 4.69) is 20.9 Å². The van der Waals surface area contributed by atoms with E-state index < -0.39 is 0 Å². The van der Waals surface area contributed by atoms with Gasteiger partial charge in [0.15, 0.2) is 5.96 Å². The molecule has 0 bridgehead atoms. The molecule has 1 amide bonds. The summed E-state index contributed by atoms with van der Waals surface area (Å²) in [7, 11) is 3.34. The van der Waals surface area contributed by atoms with Crippen LogP contribution in [0.15, 0.2) is 53.5 Å². The highest BCUT2D eigenvalue weighted by molar-refractivity contribution is 6.33. The Morgan fingerprint density at radius 1 is 1.08 bits per heavy atom. The molecule has 7 heteroatoms. The highest BCUT2D eigenvalue weighted by Crippen LogP contribution is 2.14. The summed E-state index contributed by atoms with van der Waals surface area (Å²) >= 11 is 6.01. The summed E-state index contributed by atoms with van der Waals surface area (Å²) in [5.41, 5.74) is 1.55. The van der Waals surface area contributed by atoms with Crippen molar-refractivity contribution in [3.8, 4) is 5.75 Å². The van der Waals surface area contributed by atoms with Gasteiger partial charge in [-0.2, -0.15) is 0 Å². The van der Waals surface area contributed by atoms with Crippen LogP contribution in [0.4, 0.5) is 0 Å². The second-order valence-electron chi connectivity index (χ2n) is 5.44. The molecule has 26 heavy (non-hydrogen) atoms. The minimum atomic E-state index is -0.197. The number of benzene rings is 2. The molecule has 0 saturated heterocycles. The van der Waals surface area contributed by atoms with E-state index in [4.69, 9.17) is 16.3 Å². The Morgan fingerprint density at radius 3 is 2.58 bits per heavy atom. The number of aliphatic imine (C=N–C) groups is 1. The average Bonchev–Trinajstić information content (AvgIpc) is 2.67. The summed E-state index contributed by atoms with van der Waals surface area (Å²) in [4.78, 5) is 16.2. The highest BCUT2D eigenvalue weighted by atomic mass is 35.5. The largest absolute Gasteiger partial charge is 0.497 e. The number of hydrogen-bond acceptors (Lipinski definition) is 3. The van der Waals surface area contributed by atoms with Gasteiger partial charge in [0.05, 0.1) is 17.7 Å². The van der Waals surface area contributed by atoms with Gasteiger partial charge < -0.3 is 20.7 Å². The van der Waals surface area contributed by atoms with E-state index >= 15 is 0 Å². The van der Waals surface area contributed by atoms with Crippen molar-refractivity contribution in [3.05, 3.63) is 64.7 Å². The molecule has 0 aromatic heterocycles. The molecule has 3 N–H and O–H groups in total. The molecule has 0 heterocycles. The molecule has 2 aromatic rings. The molecule has 0 aliphatic rings. The van der Waals surface area contributed by atoms with Crippen LogP contribution in [0.25, 0.3) is 0 Å². The maximum absolute atomic E-state index is 12.1. The van der Waals surface area contributed by atoms with Crippen LogP contribution in [-0.4, -0.2) is 39.1 Å². The third kappa shape index (κ3) is 5.97. The molecule has 0 spiro atoms. The van der Waals surface area contributed by atoms with E-state index in [1.165, 1.54) is 0 Å². The number of nitrogens with zero attached hydrogens (tertiary/aromatic N) is 1. The first kappa shape index (κ1) is 19.6. The fourth-order valence-electron chi connectivity index (χ4n) is 2.29. The van der Waals surface area contributed by atoms with Crippen molar-refractivity contribution in [1.82, 2.24) is 16.0 Å². The van der Waals surface area contributed by atoms with Crippen molar-refractivity contribution in [2.45, 2.75) is 6.54 Å². The van der Waals surface area contributed by atoms with Gasteiger partial charge >= 0.3 is 0 Å². The van der Waals surface area contributed by atoms with Crippen LogP contribution in [0.2, 0.25) is 5.02 Å². The molecule has 0 unspecified atom stereocenters. The van der Waals surface area contributed by atoms with Crippen molar-refractivity contribution < 1.29 is 9.53 Å². The second-order valence-corrected chi connectivity index (χ2v) is 5.85. The van der Waals surface area contributed by atoms with Crippen LogP contribution in [0.3, 0.4) is 0 Å². The van der Waals surface area contributed by atoms with Gasteiger partial charge in [-0.15, -0.1) is 0 Å². The minimum Gasteiger partial charge on any atom is -0.497 e. The van der Waals surface area contributed by atoms with Crippen LogP contribution in [0.5, 0.6) is 5.75 Å². The smallest absolute Gasteiger partial charge is 0.252 e. The standard InChI is InChI=1S/C19H23ClN4O2/c1-21-19(24-13-14-6-5-7-15(12-14)26-2)23-11-10-22-18(25)16-8-3-4-9-17(16)20/h3-9,12H,10-11,13H2,1-2H3,(H,22,25)(H2,21,23,24). The van der Waals surface area contributed by atoms with Gasteiger partial charge in [0, 0.05) is 26.7 Å². The van der Waals surface area contributed by atoms with Crippen LogP contribution in [0, 0.1) is 0 Å². The third-order valence-electron chi connectivity index (χ3n) is 3.64. The lowest BCUT2D eigenvalue weighted by Crippen LogP contribution is -2.41. The summed E-state index contributed by atoms with van der Waals surface area (Å²) in [5, 5.41) is 9.63. The SMILES string of the molecule is CN=C(NCCNC(=O)c1ccccc1Cl)NCc1cccc(OC)c1. The fourth-order valence-corrected chi connectivity index (χ4v) is 2.51. The number of nitrogens with one attached hydrogen (secondary N) is 3. The number of ether oxygens (including phenoxy) is 1. The normalized spacial score (nSPS) is 11.0. The number of halogens is 1. The molecular weight excluding hydrogens is 352 g/mol. The summed E-state index contributed by atoms with van der Waals surface area (Å²) in [6.45, 7) is 1.60. The maximum atomic E-state index is 12.1. The summed E-state index contributed by atoms with van der Waals surface area (Å²) in [5.74, 6) is 1.27. The first-order valence-corrected chi connectivity index (χ1v) is 8.62. The van der Waals surface area contributed by atoms with E-state index in [0.29, 0.717) is 36.2 Å². The van der Waals surface area contributed by atoms with E-state index in [-0.39, 0.29) is 5.91 Å². The molecular formula is C19H23ClN4O2. The van der Waals surface area contributed by atoms with E-state index in [0.717, 1.165) is 11.3 Å². The molecule has 138 valence electrons. The van der Waals surface area contributed by atoms with Crippen LogP contribution < -0.4 is 20.7 Å². The molecule has 0 atom stereocenters. The third-order valence-corrected chi connectivity index (χ3v) is 3.97. The van der Waals surface area contributed by atoms with Gasteiger partial charge in [0.2, 0.25) is 0 Å². The maximum Gasteiger partial charge on any atom is 0.252 e. The van der Waals surface area contributed by atoms with Gasteiger partial charge in [0.25, 0.3) is 5.91 Å². The number of hydrogen-bond donors (Lipinski definition) is 3. The number of methoxy groups -OCH3 is 1. The monoisotopic (exact) mass is 374 g/mol. The minimum absolute atomic E-state index is 0.197. The van der Waals surface area contributed by atoms with E-state index in [9.17, 15) is 4.79 Å². The highest BCUT2D eigenvalue weighted by Gasteiger charge is 2.08. The number of guanidine groups is 1. The first-order valence-electron chi connectivity index (χ1n) is 8.24. The molecule has 2 rings (SSSR count). The zero-order valence-electron chi connectivity index (χ0n) is 14.9. The Bertz CT molecular complexity index is 765. The van der Waals surface area contributed by atoms with Crippen molar-refractivity contribution >= 4 is 23.5 Å². The zero-order valence-corrected chi connectivity index (χ0v) is 15.6. The van der Waals surface area contributed by atoms with Crippen LogP contribution in [-0.2, 0) is 6.54 Å². The Labute approximate surface area is 158 Å². The first-order chi connectivity index (χ1) is 12.6.